The minimum Gasteiger partial charge on any atom is -0.342 e. The first-order valence-corrected chi connectivity index (χ1v) is 9.95. The normalized spacial score (nSPS) is 17.8. The molecule has 0 bridgehead atoms. The van der Waals surface area contributed by atoms with Crippen molar-refractivity contribution in [1.29, 1.82) is 0 Å². The maximum atomic E-state index is 13.1. The molecular formula is C20H21FN6O2. The smallest absolute Gasteiger partial charge is 0.281 e. The standard InChI is InChI=1S/C20H21FN6O2/c21-15-5-1-12(2-6-15)11-27-18-16(24-25-27)19(28)23-17(22-18)13-7-9-26(10-8-13)20(29)14-3-4-14/h1-2,5-6,13-14H,3-4,7-11H2,(H,22,23,28). The Morgan fingerprint density at radius 1 is 1.14 bits per heavy atom. The second-order valence-electron chi connectivity index (χ2n) is 7.87. The molecule has 3 heterocycles. The van der Waals surface area contributed by atoms with Crippen molar-refractivity contribution in [3.05, 3.63) is 51.8 Å². The molecule has 2 aliphatic rings. The number of nitrogens with zero attached hydrogens (tertiary/aromatic N) is 5. The molecule has 1 amide bonds. The van der Waals surface area contributed by atoms with Crippen LogP contribution in [0.5, 0.6) is 0 Å². The lowest BCUT2D eigenvalue weighted by Gasteiger charge is -2.31. The molecule has 0 radical (unpaired) electrons. The van der Waals surface area contributed by atoms with E-state index in [1.54, 1.807) is 16.8 Å². The highest BCUT2D eigenvalue weighted by Crippen LogP contribution is 2.33. The summed E-state index contributed by atoms with van der Waals surface area (Å²) in [5.74, 6) is 0.892. The summed E-state index contributed by atoms with van der Waals surface area (Å²) in [5.41, 5.74) is 1.14. The number of fused-ring (bicyclic) bond motifs is 1. The van der Waals surface area contributed by atoms with Gasteiger partial charge in [-0.15, -0.1) is 5.10 Å². The highest BCUT2D eigenvalue weighted by Gasteiger charge is 2.35. The van der Waals surface area contributed by atoms with Crippen LogP contribution in [-0.2, 0) is 11.3 Å². The van der Waals surface area contributed by atoms with Gasteiger partial charge in [-0.05, 0) is 43.4 Å². The van der Waals surface area contributed by atoms with E-state index in [1.807, 2.05) is 4.90 Å². The second-order valence-corrected chi connectivity index (χ2v) is 7.87. The van der Waals surface area contributed by atoms with E-state index in [2.05, 4.69) is 20.3 Å². The fourth-order valence-electron chi connectivity index (χ4n) is 3.91. The van der Waals surface area contributed by atoms with Crippen LogP contribution in [0.4, 0.5) is 4.39 Å². The van der Waals surface area contributed by atoms with Crippen molar-refractivity contribution in [2.75, 3.05) is 13.1 Å². The van der Waals surface area contributed by atoms with Crippen LogP contribution in [0.3, 0.4) is 0 Å². The first-order valence-electron chi connectivity index (χ1n) is 9.95. The van der Waals surface area contributed by atoms with Crippen LogP contribution in [0.1, 0.15) is 43.0 Å². The number of nitrogens with one attached hydrogen (secondary N) is 1. The average Bonchev–Trinajstić information content (AvgIpc) is 3.51. The summed E-state index contributed by atoms with van der Waals surface area (Å²) in [5, 5.41) is 8.02. The average molecular weight is 396 g/mol. The molecule has 8 nitrogen and oxygen atoms in total. The number of likely N-dealkylation sites (tertiary alicyclic amines) is 1. The van der Waals surface area contributed by atoms with E-state index in [9.17, 15) is 14.0 Å². The summed E-state index contributed by atoms with van der Waals surface area (Å²) in [6.45, 7) is 1.73. The van der Waals surface area contributed by atoms with Crippen LogP contribution in [-0.4, -0.2) is 48.9 Å². The maximum Gasteiger partial charge on any atom is 0.281 e. The molecule has 1 saturated heterocycles. The summed E-state index contributed by atoms with van der Waals surface area (Å²) in [7, 11) is 0. The first-order chi connectivity index (χ1) is 14.1. The van der Waals surface area contributed by atoms with Crippen molar-refractivity contribution < 1.29 is 9.18 Å². The zero-order chi connectivity index (χ0) is 20.0. The molecule has 1 aromatic carbocycles. The number of aromatic nitrogens is 5. The van der Waals surface area contributed by atoms with Gasteiger partial charge < -0.3 is 9.88 Å². The van der Waals surface area contributed by atoms with E-state index < -0.39 is 0 Å². The molecule has 1 N–H and O–H groups in total. The highest BCUT2D eigenvalue weighted by atomic mass is 19.1. The van der Waals surface area contributed by atoms with E-state index >= 15 is 0 Å². The topological polar surface area (TPSA) is 96.8 Å². The van der Waals surface area contributed by atoms with Crippen LogP contribution in [0.15, 0.2) is 29.1 Å². The quantitative estimate of drug-likeness (QED) is 0.726. The van der Waals surface area contributed by atoms with Crippen molar-refractivity contribution >= 4 is 17.1 Å². The first kappa shape index (κ1) is 18.0. The number of carbonyl (C=O) groups is 1. The Balaban J connectivity index is 1.38. The van der Waals surface area contributed by atoms with Gasteiger partial charge in [0.25, 0.3) is 5.56 Å². The molecule has 0 spiro atoms. The maximum absolute atomic E-state index is 13.1. The molecule has 1 aliphatic heterocycles. The third kappa shape index (κ3) is 3.52. The SMILES string of the molecule is O=C(C1CC1)N1CCC(c2nc3c(nnn3Cc3ccc(F)cc3)c(=O)[nH]2)CC1. The van der Waals surface area contributed by atoms with Crippen molar-refractivity contribution in [3.8, 4) is 0 Å². The largest absolute Gasteiger partial charge is 0.342 e. The summed E-state index contributed by atoms with van der Waals surface area (Å²) >= 11 is 0. The number of H-pyrrole nitrogens is 1. The zero-order valence-corrected chi connectivity index (χ0v) is 15.8. The fraction of sp³-hybridized carbons (Fsp3) is 0.450. The lowest BCUT2D eigenvalue weighted by atomic mass is 9.95. The summed E-state index contributed by atoms with van der Waals surface area (Å²) in [6, 6.07) is 6.11. The lowest BCUT2D eigenvalue weighted by Crippen LogP contribution is -2.39. The van der Waals surface area contributed by atoms with Gasteiger partial charge in [-0.1, -0.05) is 17.3 Å². The second kappa shape index (κ2) is 7.06. The summed E-state index contributed by atoms with van der Waals surface area (Å²) in [6.07, 6.45) is 3.56. The molecule has 1 aliphatic carbocycles. The van der Waals surface area contributed by atoms with E-state index in [0.29, 0.717) is 31.1 Å². The van der Waals surface area contributed by atoms with Gasteiger partial charge in [0.05, 0.1) is 6.54 Å². The van der Waals surface area contributed by atoms with Crippen molar-refractivity contribution in [3.63, 3.8) is 0 Å². The predicted octanol–water partition coefficient (Wildman–Crippen LogP) is 1.82. The Kier molecular flexibility index (Phi) is 4.37. The van der Waals surface area contributed by atoms with Gasteiger partial charge >= 0.3 is 0 Å². The van der Waals surface area contributed by atoms with Crippen LogP contribution < -0.4 is 5.56 Å². The third-order valence-corrected chi connectivity index (χ3v) is 5.76. The van der Waals surface area contributed by atoms with E-state index in [0.717, 1.165) is 31.2 Å². The molecule has 9 heteroatoms. The van der Waals surface area contributed by atoms with Gasteiger partial charge in [0.1, 0.15) is 11.6 Å². The molecule has 2 fully saturated rings. The van der Waals surface area contributed by atoms with Crippen molar-refractivity contribution in [2.24, 2.45) is 5.92 Å². The monoisotopic (exact) mass is 396 g/mol. The molecule has 1 saturated carbocycles. The minimum absolute atomic E-state index is 0.0875. The van der Waals surface area contributed by atoms with E-state index in [4.69, 9.17) is 0 Å². The predicted molar refractivity (Wildman–Crippen MR) is 103 cm³/mol. The molecule has 3 aromatic rings. The molecule has 5 rings (SSSR count). The molecule has 0 unspecified atom stereocenters. The van der Waals surface area contributed by atoms with Gasteiger partial charge in [0.2, 0.25) is 5.91 Å². The number of halogens is 1. The molecule has 150 valence electrons. The number of hydrogen-bond acceptors (Lipinski definition) is 5. The fourth-order valence-corrected chi connectivity index (χ4v) is 3.91. The Labute approximate surface area is 165 Å². The molecule has 29 heavy (non-hydrogen) atoms. The number of aromatic amines is 1. The number of amides is 1. The Morgan fingerprint density at radius 3 is 2.55 bits per heavy atom. The van der Waals surface area contributed by atoms with Gasteiger partial charge in [0.15, 0.2) is 11.2 Å². The van der Waals surface area contributed by atoms with E-state index in [-0.39, 0.29) is 34.6 Å². The molecule has 0 atom stereocenters. The molecule has 2 aromatic heterocycles. The number of rotatable bonds is 4. The Morgan fingerprint density at radius 2 is 1.86 bits per heavy atom. The van der Waals surface area contributed by atoms with Crippen LogP contribution in [0.25, 0.3) is 11.2 Å². The summed E-state index contributed by atoms with van der Waals surface area (Å²) < 4.78 is 14.7. The summed E-state index contributed by atoms with van der Waals surface area (Å²) in [4.78, 5) is 34.2. The number of piperidine rings is 1. The van der Waals surface area contributed by atoms with Gasteiger partial charge in [-0.25, -0.2) is 14.1 Å². The Hall–Kier alpha value is -3.10. The number of hydrogen-bond donors (Lipinski definition) is 1. The van der Waals surface area contributed by atoms with Gasteiger partial charge in [-0.2, -0.15) is 0 Å². The minimum atomic E-state index is -0.313. The zero-order valence-electron chi connectivity index (χ0n) is 15.8. The third-order valence-electron chi connectivity index (χ3n) is 5.76. The van der Waals surface area contributed by atoms with Crippen molar-refractivity contribution in [2.45, 2.75) is 38.1 Å². The van der Waals surface area contributed by atoms with Gasteiger partial charge in [-0.3, -0.25) is 9.59 Å². The number of carbonyl (C=O) groups excluding carboxylic acids is 1. The van der Waals surface area contributed by atoms with Crippen LogP contribution in [0, 0.1) is 11.7 Å². The molecular weight excluding hydrogens is 375 g/mol. The van der Waals surface area contributed by atoms with E-state index in [1.165, 1.54) is 12.1 Å². The van der Waals surface area contributed by atoms with Crippen molar-refractivity contribution in [1.82, 2.24) is 29.9 Å². The Bertz CT molecular complexity index is 1110. The highest BCUT2D eigenvalue weighted by molar-refractivity contribution is 5.81. The van der Waals surface area contributed by atoms with Crippen LogP contribution in [0.2, 0.25) is 0 Å². The van der Waals surface area contributed by atoms with Gasteiger partial charge in [0, 0.05) is 24.9 Å². The lowest BCUT2D eigenvalue weighted by molar-refractivity contribution is -0.133. The number of benzene rings is 1. The van der Waals surface area contributed by atoms with Crippen LogP contribution >= 0.6 is 0 Å².